The quantitative estimate of drug-likeness (QED) is 0.641. The lowest BCUT2D eigenvalue weighted by Gasteiger charge is -2.14. The molecule has 0 aliphatic rings. The summed E-state index contributed by atoms with van der Waals surface area (Å²) in [6.07, 6.45) is 3.34. The Morgan fingerprint density at radius 3 is 2.21 bits per heavy atom. The lowest BCUT2D eigenvalue weighted by Crippen LogP contribution is -2.24. The largest absolute Gasteiger partial charge is 0.497 e. The van der Waals surface area contributed by atoms with E-state index in [-0.39, 0.29) is 11.8 Å². The van der Waals surface area contributed by atoms with Crippen molar-refractivity contribution in [3.05, 3.63) is 66.5 Å². The SMILES string of the molecule is COc1cc(OC)cc(C(=O)Nc2cccc(NC(=O)C(C)n3cccn3)c2)c1. The van der Waals surface area contributed by atoms with Gasteiger partial charge in [-0.3, -0.25) is 14.3 Å². The van der Waals surface area contributed by atoms with Crippen LogP contribution in [0.3, 0.4) is 0 Å². The summed E-state index contributed by atoms with van der Waals surface area (Å²) in [5.74, 6) is 0.497. The molecule has 0 aliphatic carbocycles. The van der Waals surface area contributed by atoms with Crippen molar-refractivity contribution < 1.29 is 19.1 Å². The van der Waals surface area contributed by atoms with Crippen molar-refractivity contribution in [2.75, 3.05) is 24.9 Å². The number of rotatable bonds is 7. The number of nitrogens with zero attached hydrogens (tertiary/aromatic N) is 2. The minimum atomic E-state index is -0.465. The van der Waals surface area contributed by atoms with Gasteiger partial charge in [-0.1, -0.05) is 6.07 Å². The highest BCUT2D eigenvalue weighted by Crippen LogP contribution is 2.24. The molecule has 1 atom stereocenters. The van der Waals surface area contributed by atoms with Gasteiger partial charge in [0.1, 0.15) is 17.5 Å². The number of hydrogen-bond acceptors (Lipinski definition) is 5. The van der Waals surface area contributed by atoms with Crippen molar-refractivity contribution in [1.29, 1.82) is 0 Å². The molecule has 0 radical (unpaired) electrons. The van der Waals surface area contributed by atoms with Crippen LogP contribution in [0.4, 0.5) is 11.4 Å². The number of ether oxygens (including phenoxy) is 2. The predicted octanol–water partition coefficient (Wildman–Crippen LogP) is 3.35. The van der Waals surface area contributed by atoms with Gasteiger partial charge < -0.3 is 20.1 Å². The number of aromatic nitrogens is 2. The van der Waals surface area contributed by atoms with Gasteiger partial charge in [-0.15, -0.1) is 0 Å². The zero-order chi connectivity index (χ0) is 20.8. The Kier molecular flexibility index (Phi) is 6.13. The number of carbonyl (C=O) groups excluding carboxylic acids is 2. The molecule has 8 nitrogen and oxygen atoms in total. The summed E-state index contributed by atoms with van der Waals surface area (Å²) < 4.78 is 12.0. The lowest BCUT2D eigenvalue weighted by molar-refractivity contribution is -0.119. The molecule has 0 saturated carbocycles. The Morgan fingerprint density at radius 1 is 0.966 bits per heavy atom. The monoisotopic (exact) mass is 394 g/mol. The van der Waals surface area contributed by atoms with Crippen LogP contribution in [0.5, 0.6) is 11.5 Å². The second kappa shape index (κ2) is 8.92. The zero-order valence-electron chi connectivity index (χ0n) is 16.4. The molecule has 8 heteroatoms. The second-order valence-electron chi connectivity index (χ2n) is 6.29. The molecule has 3 rings (SSSR count). The molecule has 0 fully saturated rings. The van der Waals surface area contributed by atoms with E-state index in [0.717, 1.165) is 0 Å². The van der Waals surface area contributed by atoms with E-state index in [4.69, 9.17) is 9.47 Å². The van der Waals surface area contributed by atoms with Gasteiger partial charge in [0.2, 0.25) is 5.91 Å². The summed E-state index contributed by atoms with van der Waals surface area (Å²) in [6.45, 7) is 1.75. The van der Waals surface area contributed by atoms with Gasteiger partial charge in [0, 0.05) is 35.4 Å². The second-order valence-corrected chi connectivity index (χ2v) is 6.29. The van der Waals surface area contributed by atoms with Crippen molar-refractivity contribution >= 4 is 23.2 Å². The maximum Gasteiger partial charge on any atom is 0.255 e. The minimum absolute atomic E-state index is 0.213. The normalized spacial score (nSPS) is 11.4. The number of anilines is 2. The Balaban J connectivity index is 1.71. The summed E-state index contributed by atoms with van der Waals surface area (Å²) in [4.78, 5) is 25.0. The fourth-order valence-corrected chi connectivity index (χ4v) is 2.69. The van der Waals surface area contributed by atoms with Crippen LogP contribution in [0.15, 0.2) is 60.9 Å². The van der Waals surface area contributed by atoms with E-state index in [1.807, 2.05) is 0 Å². The van der Waals surface area contributed by atoms with Gasteiger partial charge in [0.15, 0.2) is 0 Å². The fraction of sp³-hybridized carbons (Fsp3) is 0.190. The maximum absolute atomic E-state index is 12.6. The standard InChI is InChI=1S/C21H22N4O4/c1-14(25-9-5-8-22-25)20(26)23-16-6-4-7-17(12-16)24-21(27)15-10-18(28-2)13-19(11-15)29-3/h4-14H,1-3H3,(H,23,26)(H,24,27). The lowest BCUT2D eigenvalue weighted by atomic mass is 10.1. The van der Waals surface area contributed by atoms with E-state index in [1.165, 1.54) is 14.2 Å². The highest BCUT2D eigenvalue weighted by atomic mass is 16.5. The Labute approximate surface area is 168 Å². The Bertz CT molecular complexity index is 979. The molecule has 1 heterocycles. The molecule has 2 aromatic carbocycles. The van der Waals surface area contributed by atoms with Gasteiger partial charge in [-0.05, 0) is 43.3 Å². The van der Waals surface area contributed by atoms with Crippen molar-refractivity contribution in [3.8, 4) is 11.5 Å². The van der Waals surface area contributed by atoms with E-state index in [1.54, 1.807) is 72.5 Å². The first kappa shape index (κ1) is 19.9. The molecule has 29 heavy (non-hydrogen) atoms. The average Bonchev–Trinajstić information content (AvgIpc) is 3.27. The molecule has 150 valence electrons. The summed E-state index contributed by atoms with van der Waals surface area (Å²) in [5.41, 5.74) is 1.50. The first-order chi connectivity index (χ1) is 14.0. The van der Waals surface area contributed by atoms with Crippen LogP contribution in [0.2, 0.25) is 0 Å². The highest BCUT2D eigenvalue weighted by Gasteiger charge is 2.15. The van der Waals surface area contributed by atoms with Gasteiger partial charge in [-0.2, -0.15) is 5.10 Å². The third kappa shape index (κ3) is 4.92. The van der Waals surface area contributed by atoms with Crippen molar-refractivity contribution in [2.45, 2.75) is 13.0 Å². The Morgan fingerprint density at radius 2 is 1.62 bits per heavy atom. The average molecular weight is 394 g/mol. The molecule has 1 aromatic heterocycles. The molecule has 1 unspecified atom stereocenters. The van der Waals surface area contributed by atoms with Crippen LogP contribution in [0, 0.1) is 0 Å². The third-order valence-electron chi connectivity index (χ3n) is 4.30. The Hall–Kier alpha value is -3.81. The van der Waals surface area contributed by atoms with Crippen LogP contribution in [-0.2, 0) is 4.79 Å². The maximum atomic E-state index is 12.6. The number of hydrogen-bond donors (Lipinski definition) is 2. The molecule has 0 saturated heterocycles. The van der Waals surface area contributed by atoms with Gasteiger partial charge in [-0.25, -0.2) is 0 Å². The van der Waals surface area contributed by atoms with Crippen LogP contribution in [-0.4, -0.2) is 35.8 Å². The molecule has 2 N–H and O–H groups in total. The molecule has 0 bridgehead atoms. The summed E-state index contributed by atoms with van der Waals surface area (Å²) in [6, 6.07) is 13.1. The van der Waals surface area contributed by atoms with E-state index in [0.29, 0.717) is 28.4 Å². The van der Waals surface area contributed by atoms with Crippen LogP contribution < -0.4 is 20.1 Å². The van der Waals surface area contributed by atoms with Crippen molar-refractivity contribution in [3.63, 3.8) is 0 Å². The summed E-state index contributed by atoms with van der Waals surface area (Å²) in [5, 5.41) is 9.72. The van der Waals surface area contributed by atoms with E-state index >= 15 is 0 Å². The van der Waals surface area contributed by atoms with Crippen LogP contribution in [0.25, 0.3) is 0 Å². The van der Waals surface area contributed by atoms with E-state index < -0.39 is 6.04 Å². The third-order valence-corrected chi connectivity index (χ3v) is 4.30. The number of nitrogens with one attached hydrogen (secondary N) is 2. The highest BCUT2D eigenvalue weighted by molar-refractivity contribution is 6.05. The van der Waals surface area contributed by atoms with Crippen molar-refractivity contribution in [2.24, 2.45) is 0 Å². The van der Waals surface area contributed by atoms with Crippen LogP contribution in [0.1, 0.15) is 23.3 Å². The molecular formula is C21H22N4O4. The topological polar surface area (TPSA) is 94.5 Å². The number of benzene rings is 2. The number of methoxy groups -OCH3 is 2. The first-order valence-electron chi connectivity index (χ1n) is 8.94. The molecule has 0 aliphatic heterocycles. The van der Waals surface area contributed by atoms with Gasteiger partial charge in [0.25, 0.3) is 5.91 Å². The van der Waals surface area contributed by atoms with Gasteiger partial charge in [0.05, 0.1) is 14.2 Å². The summed E-state index contributed by atoms with van der Waals surface area (Å²) in [7, 11) is 3.04. The minimum Gasteiger partial charge on any atom is -0.497 e. The van der Waals surface area contributed by atoms with E-state index in [2.05, 4.69) is 15.7 Å². The zero-order valence-corrected chi connectivity index (χ0v) is 16.4. The molecular weight excluding hydrogens is 372 g/mol. The van der Waals surface area contributed by atoms with Crippen molar-refractivity contribution in [1.82, 2.24) is 9.78 Å². The molecule has 3 aromatic rings. The van der Waals surface area contributed by atoms with E-state index in [9.17, 15) is 9.59 Å². The summed E-state index contributed by atoms with van der Waals surface area (Å²) >= 11 is 0. The number of carbonyl (C=O) groups is 2. The smallest absolute Gasteiger partial charge is 0.255 e. The van der Waals surface area contributed by atoms with Crippen LogP contribution >= 0.6 is 0 Å². The number of amides is 2. The molecule has 0 spiro atoms. The fourth-order valence-electron chi connectivity index (χ4n) is 2.69. The first-order valence-corrected chi connectivity index (χ1v) is 8.94. The predicted molar refractivity (Wildman–Crippen MR) is 110 cm³/mol. The van der Waals surface area contributed by atoms with Gasteiger partial charge >= 0.3 is 0 Å². The molecule has 2 amide bonds.